The third-order valence-electron chi connectivity index (χ3n) is 8.38. The number of nitrogens with one attached hydrogen (secondary N) is 4. The van der Waals surface area contributed by atoms with Crippen molar-refractivity contribution in [1.82, 2.24) is 40.0 Å². The summed E-state index contributed by atoms with van der Waals surface area (Å²) in [5, 5.41) is 7.27. The van der Waals surface area contributed by atoms with Crippen LogP contribution in [0, 0.1) is 0 Å². The Morgan fingerprint density at radius 1 is 0.700 bits per heavy atom. The molecular formula is C32H36Cl2N8O6S2. The highest BCUT2D eigenvalue weighted by molar-refractivity contribution is 7.90. The Morgan fingerprint density at radius 2 is 1.10 bits per heavy atom. The summed E-state index contributed by atoms with van der Waals surface area (Å²) in [7, 11) is -3.36. The minimum absolute atomic E-state index is 0.124. The summed E-state index contributed by atoms with van der Waals surface area (Å²) < 4.78 is 63.0. The number of hydrogen-bond donors (Lipinski definition) is 4. The van der Waals surface area contributed by atoms with Crippen LogP contribution in [-0.4, -0.2) is 87.7 Å². The second kappa shape index (κ2) is 15.4. The summed E-state index contributed by atoms with van der Waals surface area (Å²) in [6.07, 6.45) is 4.32. The van der Waals surface area contributed by atoms with E-state index >= 15 is 0 Å². The quantitative estimate of drug-likeness (QED) is 0.156. The third kappa shape index (κ3) is 8.35. The van der Waals surface area contributed by atoms with E-state index in [0.29, 0.717) is 106 Å². The number of hydrogen-bond acceptors (Lipinski definition) is 12. The van der Waals surface area contributed by atoms with Gasteiger partial charge in [0.25, 0.3) is 0 Å². The normalized spacial score (nSPS) is 19.4. The summed E-state index contributed by atoms with van der Waals surface area (Å²) in [6, 6.07) is 10.8. The lowest BCUT2D eigenvalue weighted by atomic mass is 9.98. The van der Waals surface area contributed by atoms with E-state index in [1.807, 2.05) is 36.4 Å². The maximum absolute atomic E-state index is 11.7. The summed E-state index contributed by atoms with van der Waals surface area (Å²) in [4.78, 5) is 18.5. The van der Waals surface area contributed by atoms with Crippen molar-refractivity contribution in [2.24, 2.45) is 0 Å². The van der Waals surface area contributed by atoms with Gasteiger partial charge in [-0.3, -0.25) is 9.97 Å². The van der Waals surface area contributed by atoms with E-state index in [-0.39, 0.29) is 23.6 Å². The molecule has 6 rings (SSSR count). The first-order valence-corrected chi connectivity index (χ1v) is 19.8. The van der Waals surface area contributed by atoms with Gasteiger partial charge < -0.3 is 20.1 Å². The molecule has 0 saturated carbocycles. The zero-order chi connectivity index (χ0) is 35.5. The summed E-state index contributed by atoms with van der Waals surface area (Å²) >= 11 is 14.0. The molecule has 14 nitrogen and oxygen atoms in total. The first-order chi connectivity index (χ1) is 24.0. The monoisotopic (exact) mass is 762 g/mol. The van der Waals surface area contributed by atoms with Crippen LogP contribution < -0.4 is 29.6 Å². The predicted octanol–water partition coefficient (Wildman–Crippen LogP) is 3.15. The van der Waals surface area contributed by atoms with Crippen LogP contribution >= 0.6 is 23.2 Å². The van der Waals surface area contributed by atoms with Crippen LogP contribution in [0.2, 0.25) is 10.0 Å². The molecule has 4 N–H and O–H groups in total. The van der Waals surface area contributed by atoms with E-state index in [4.69, 9.17) is 32.7 Å². The van der Waals surface area contributed by atoms with Crippen LogP contribution in [0.25, 0.3) is 33.6 Å². The largest absolute Gasteiger partial charge is 0.480 e. The van der Waals surface area contributed by atoms with Crippen LogP contribution in [0.15, 0.2) is 48.8 Å². The van der Waals surface area contributed by atoms with Gasteiger partial charge in [0.15, 0.2) is 0 Å². The fraction of sp³-hybridized carbons (Fsp3) is 0.375. The molecule has 2 unspecified atom stereocenters. The number of ether oxygens (including phenoxy) is 2. The van der Waals surface area contributed by atoms with Crippen molar-refractivity contribution < 1.29 is 26.3 Å². The molecule has 4 heterocycles. The summed E-state index contributed by atoms with van der Waals surface area (Å²) in [6.45, 7) is 1.57. The Morgan fingerprint density at radius 3 is 1.46 bits per heavy atom. The molecule has 0 amide bonds. The Balaban J connectivity index is 1.19. The number of sulfonamides is 2. The zero-order valence-electron chi connectivity index (χ0n) is 27.2. The molecular weight excluding hydrogens is 727 g/mol. The smallest absolute Gasteiger partial charge is 0.237 e. The number of methoxy groups -OCH3 is 2. The third-order valence-corrected chi connectivity index (χ3v) is 12.1. The van der Waals surface area contributed by atoms with Gasteiger partial charge in [-0.25, -0.2) is 36.2 Å². The van der Waals surface area contributed by atoms with E-state index in [1.165, 1.54) is 14.2 Å². The Hall–Kier alpha value is -3.48. The number of benzene rings is 2. The molecule has 2 aliphatic heterocycles. The van der Waals surface area contributed by atoms with E-state index in [0.717, 1.165) is 0 Å². The molecule has 2 aliphatic rings. The number of nitrogens with zero attached hydrogens (tertiary/aromatic N) is 4. The minimum atomic E-state index is -3.19. The maximum Gasteiger partial charge on any atom is 0.237 e. The molecule has 2 fully saturated rings. The fourth-order valence-electron chi connectivity index (χ4n) is 5.85. The number of halogens is 2. The molecule has 18 heteroatoms. The molecule has 0 radical (unpaired) electrons. The Kier molecular flexibility index (Phi) is 11.2. The van der Waals surface area contributed by atoms with Crippen LogP contribution in [0.3, 0.4) is 0 Å². The highest BCUT2D eigenvalue weighted by Gasteiger charge is 2.27. The van der Waals surface area contributed by atoms with E-state index < -0.39 is 20.0 Å². The van der Waals surface area contributed by atoms with Gasteiger partial charge in [0, 0.05) is 60.5 Å². The molecule has 2 aromatic heterocycles. The first-order valence-electron chi connectivity index (χ1n) is 15.8. The molecule has 266 valence electrons. The molecule has 0 aliphatic carbocycles. The van der Waals surface area contributed by atoms with Crippen LogP contribution in [-0.2, 0) is 33.1 Å². The van der Waals surface area contributed by atoms with Gasteiger partial charge in [0.05, 0.1) is 59.6 Å². The standard InChI is InChI=1S/C32H36Cl2N8O6S2/c1-47-31-27(15-35-13-19-9-11-49(43,44)41-19)37-17-25(39-31)23-7-3-5-21(29(23)33)22-6-4-8-24(30(22)34)26-18-38-28(32(40-26)48-2)16-36-14-20-10-12-50(45,46)42-20/h3-8,17-20,35-36,41-42H,9-16H2,1-2H3. The van der Waals surface area contributed by atoms with Crippen molar-refractivity contribution in [2.75, 3.05) is 38.8 Å². The van der Waals surface area contributed by atoms with Crippen LogP contribution in [0.4, 0.5) is 0 Å². The van der Waals surface area contributed by atoms with Gasteiger partial charge in [-0.15, -0.1) is 0 Å². The Labute approximate surface area is 300 Å². The van der Waals surface area contributed by atoms with Gasteiger partial charge in [0.2, 0.25) is 31.8 Å². The second-order valence-corrected chi connectivity index (χ2v) is 16.4. The van der Waals surface area contributed by atoms with Gasteiger partial charge in [-0.2, -0.15) is 0 Å². The molecule has 2 saturated heterocycles. The number of rotatable bonds is 13. The zero-order valence-corrected chi connectivity index (χ0v) is 30.4. The average Bonchev–Trinajstić information content (AvgIpc) is 3.64. The molecule has 0 bridgehead atoms. The SMILES string of the molecule is COc1nc(-c2cccc(-c3cccc(-c4cnc(CNCC5CCS(=O)(=O)N5)c(OC)n4)c3Cl)c2Cl)cnc1CNCC1CCS(=O)(=O)N1. The molecule has 2 atom stereocenters. The van der Waals surface area contributed by atoms with Crippen molar-refractivity contribution in [3.05, 3.63) is 70.2 Å². The lowest BCUT2D eigenvalue weighted by molar-refractivity contribution is 0.386. The van der Waals surface area contributed by atoms with Crippen molar-refractivity contribution in [1.29, 1.82) is 0 Å². The molecule has 0 spiro atoms. The topological polar surface area (TPSA) is 186 Å². The second-order valence-electron chi connectivity index (χ2n) is 11.9. The van der Waals surface area contributed by atoms with E-state index in [9.17, 15) is 16.8 Å². The molecule has 4 aromatic rings. The Bertz CT molecular complexity index is 1960. The minimum Gasteiger partial charge on any atom is -0.480 e. The highest BCUT2D eigenvalue weighted by atomic mass is 35.5. The highest BCUT2D eigenvalue weighted by Crippen LogP contribution is 2.42. The molecule has 50 heavy (non-hydrogen) atoms. The van der Waals surface area contributed by atoms with Crippen molar-refractivity contribution in [3.8, 4) is 45.4 Å². The fourth-order valence-corrected chi connectivity index (χ4v) is 9.35. The molecule has 2 aromatic carbocycles. The van der Waals surface area contributed by atoms with E-state index in [2.05, 4.69) is 40.0 Å². The van der Waals surface area contributed by atoms with Crippen LogP contribution in [0.5, 0.6) is 11.8 Å². The number of aromatic nitrogens is 4. The van der Waals surface area contributed by atoms with Gasteiger partial charge in [-0.05, 0) is 12.8 Å². The lowest BCUT2D eigenvalue weighted by Gasteiger charge is -2.15. The lowest BCUT2D eigenvalue weighted by Crippen LogP contribution is -2.35. The van der Waals surface area contributed by atoms with E-state index in [1.54, 1.807) is 12.4 Å². The van der Waals surface area contributed by atoms with Crippen molar-refractivity contribution in [3.63, 3.8) is 0 Å². The van der Waals surface area contributed by atoms with Gasteiger partial charge in [0.1, 0.15) is 11.4 Å². The van der Waals surface area contributed by atoms with Crippen molar-refractivity contribution >= 4 is 43.2 Å². The summed E-state index contributed by atoms with van der Waals surface area (Å²) in [5.74, 6) is 0.882. The van der Waals surface area contributed by atoms with Gasteiger partial charge in [-0.1, -0.05) is 59.6 Å². The summed E-state index contributed by atoms with van der Waals surface area (Å²) in [5.41, 5.74) is 4.73. The van der Waals surface area contributed by atoms with Crippen molar-refractivity contribution in [2.45, 2.75) is 38.0 Å². The average molecular weight is 764 g/mol. The maximum atomic E-state index is 11.7. The van der Waals surface area contributed by atoms with Gasteiger partial charge >= 0.3 is 0 Å². The first kappa shape index (κ1) is 36.3. The predicted molar refractivity (Wildman–Crippen MR) is 191 cm³/mol. The van der Waals surface area contributed by atoms with Crippen LogP contribution in [0.1, 0.15) is 24.2 Å².